The molecular weight excluding hydrogens is 260 g/mol. The van der Waals surface area contributed by atoms with Crippen LogP contribution in [0.3, 0.4) is 0 Å². The highest BCUT2D eigenvalue weighted by molar-refractivity contribution is 4.88. The third-order valence-corrected chi connectivity index (χ3v) is 5.41. The zero-order valence-electron chi connectivity index (χ0n) is 14.3. The van der Waals surface area contributed by atoms with Crippen LogP contribution in [0, 0.1) is 11.3 Å². The summed E-state index contributed by atoms with van der Waals surface area (Å²) in [6.45, 7) is 12.6. The lowest BCUT2D eigenvalue weighted by atomic mass is 9.81. The Kier molecular flexibility index (Phi) is 7.48. The van der Waals surface area contributed by atoms with Gasteiger partial charge in [-0.05, 0) is 64.1 Å². The third-order valence-electron chi connectivity index (χ3n) is 5.41. The van der Waals surface area contributed by atoms with Crippen molar-refractivity contribution in [3.63, 3.8) is 0 Å². The Morgan fingerprint density at radius 3 is 2.81 bits per heavy atom. The van der Waals surface area contributed by atoms with Crippen molar-refractivity contribution in [2.24, 2.45) is 11.3 Å². The van der Waals surface area contributed by atoms with E-state index in [1.807, 2.05) is 0 Å². The van der Waals surface area contributed by atoms with Crippen LogP contribution in [-0.4, -0.2) is 50.8 Å². The molecule has 0 aromatic carbocycles. The van der Waals surface area contributed by atoms with Crippen LogP contribution in [0.2, 0.25) is 0 Å². The monoisotopic (exact) mass is 296 g/mol. The van der Waals surface area contributed by atoms with Crippen LogP contribution in [0.25, 0.3) is 0 Å². The van der Waals surface area contributed by atoms with Crippen molar-refractivity contribution < 1.29 is 4.74 Å². The van der Waals surface area contributed by atoms with Crippen LogP contribution < -0.4 is 5.32 Å². The summed E-state index contributed by atoms with van der Waals surface area (Å²) >= 11 is 0. The summed E-state index contributed by atoms with van der Waals surface area (Å²) < 4.78 is 5.86. The Morgan fingerprint density at radius 1 is 1.19 bits per heavy atom. The minimum absolute atomic E-state index is 0.361. The SMILES string of the molecule is CCCNCC1(CN2CCCC(CC)CC2)CCCOC1. The van der Waals surface area contributed by atoms with Crippen molar-refractivity contribution in [3.8, 4) is 0 Å². The highest BCUT2D eigenvalue weighted by Gasteiger charge is 2.34. The van der Waals surface area contributed by atoms with Crippen LogP contribution in [0.4, 0.5) is 0 Å². The molecular formula is C18H36N2O. The number of nitrogens with zero attached hydrogens (tertiary/aromatic N) is 1. The van der Waals surface area contributed by atoms with E-state index in [2.05, 4.69) is 24.1 Å². The van der Waals surface area contributed by atoms with Gasteiger partial charge in [0.05, 0.1) is 6.61 Å². The number of hydrogen-bond acceptors (Lipinski definition) is 3. The van der Waals surface area contributed by atoms with Crippen LogP contribution in [0.15, 0.2) is 0 Å². The molecule has 0 aromatic rings. The van der Waals surface area contributed by atoms with Gasteiger partial charge in [-0.2, -0.15) is 0 Å². The van der Waals surface area contributed by atoms with E-state index in [-0.39, 0.29) is 0 Å². The highest BCUT2D eigenvalue weighted by atomic mass is 16.5. The second-order valence-electron chi connectivity index (χ2n) is 7.31. The molecule has 0 bridgehead atoms. The summed E-state index contributed by atoms with van der Waals surface area (Å²) in [6, 6.07) is 0. The van der Waals surface area contributed by atoms with Gasteiger partial charge in [0, 0.05) is 25.1 Å². The Morgan fingerprint density at radius 2 is 2.10 bits per heavy atom. The maximum Gasteiger partial charge on any atom is 0.0546 e. The maximum atomic E-state index is 5.86. The minimum atomic E-state index is 0.361. The largest absolute Gasteiger partial charge is 0.381 e. The molecule has 2 aliphatic rings. The fourth-order valence-electron chi connectivity index (χ4n) is 4.03. The number of likely N-dealkylation sites (tertiary alicyclic amines) is 1. The van der Waals surface area contributed by atoms with Gasteiger partial charge in [0.1, 0.15) is 0 Å². The van der Waals surface area contributed by atoms with Crippen molar-refractivity contribution in [3.05, 3.63) is 0 Å². The number of rotatable bonds is 7. The molecule has 0 amide bonds. The fraction of sp³-hybridized carbons (Fsp3) is 1.00. The molecule has 1 N–H and O–H groups in total. The standard InChI is InChI=1S/C18H36N2O/c1-3-10-19-14-18(9-6-13-21-16-18)15-20-11-5-7-17(4-2)8-12-20/h17,19H,3-16H2,1-2H3. The molecule has 0 aromatic heterocycles. The van der Waals surface area contributed by atoms with E-state index in [9.17, 15) is 0 Å². The number of ether oxygens (including phenoxy) is 1. The second kappa shape index (κ2) is 9.12. The van der Waals surface area contributed by atoms with Crippen LogP contribution in [0.1, 0.15) is 58.8 Å². The van der Waals surface area contributed by atoms with Crippen molar-refractivity contribution >= 4 is 0 Å². The normalized spacial score (nSPS) is 32.0. The molecule has 21 heavy (non-hydrogen) atoms. The second-order valence-corrected chi connectivity index (χ2v) is 7.31. The lowest BCUT2D eigenvalue weighted by Crippen LogP contribution is -2.49. The summed E-state index contributed by atoms with van der Waals surface area (Å²) in [4.78, 5) is 2.73. The van der Waals surface area contributed by atoms with Gasteiger partial charge in [-0.15, -0.1) is 0 Å². The first kappa shape index (κ1) is 17.2. The van der Waals surface area contributed by atoms with Gasteiger partial charge in [0.25, 0.3) is 0 Å². The summed E-state index contributed by atoms with van der Waals surface area (Å²) in [7, 11) is 0. The van der Waals surface area contributed by atoms with Crippen molar-refractivity contribution in [2.45, 2.75) is 58.8 Å². The van der Waals surface area contributed by atoms with Crippen molar-refractivity contribution in [1.29, 1.82) is 0 Å². The Hall–Kier alpha value is -0.120. The third kappa shape index (κ3) is 5.54. The molecule has 2 aliphatic heterocycles. The predicted molar refractivity (Wildman–Crippen MR) is 89.7 cm³/mol. The van der Waals surface area contributed by atoms with Gasteiger partial charge in [-0.3, -0.25) is 0 Å². The van der Waals surface area contributed by atoms with Gasteiger partial charge in [0.2, 0.25) is 0 Å². The van der Waals surface area contributed by atoms with Crippen molar-refractivity contribution in [1.82, 2.24) is 10.2 Å². The molecule has 0 aliphatic carbocycles. The van der Waals surface area contributed by atoms with Gasteiger partial charge in [0.15, 0.2) is 0 Å². The predicted octanol–water partition coefficient (Wildman–Crippen LogP) is 3.29. The zero-order chi connectivity index (χ0) is 15.0. The average Bonchev–Trinajstić information content (AvgIpc) is 2.73. The van der Waals surface area contributed by atoms with Crippen molar-refractivity contribution in [2.75, 3.05) is 45.9 Å². The quantitative estimate of drug-likeness (QED) is 0.730. The molecule has 2 unspecified atom stereocenters. The maximum absolute atomic E-state index is 5.86. The van der Waals surface area contributed by atoms with E-state index in [1.165, 1.54) is 64.6 Å². The molecule has 3 nitrogen and oxygen atoms in total. The Balaban J connectivity index is 1.87. The van der Waals surface area contributed by atoms with E-state index in [1.54, 1.807) is 0 Å². The summed E-state index contributed by atoms with van der Waals surface area (Å²) in [6.07, 6.45) is 9.37. The van der Waals surface area contributed by atoms with Gasteiger partial charge < -0.3 is 15.0 Å². The topological polar surface area (TPSA) is 24.5 Å². The van der Waals surface area contributed by atoms with Crippen LogP contribution in [-0.2, 0) is 4.74 Å². The van der Waals surface area contributed by atoms with E-state index in [0.29, 0.717) is 5.41 Å². The van der Waals surface area contributed by atoms with Gasteiger partial charge >= 0.3 is 0 Å². The summed E-state index contributed by atoms with van der Waals surface area (Å²) in [5.41, 5.74) is 0.361. The van der Waals surface area contributed by atoms with E-state index in [0.717, 1.165) is 32.2 Å². The molecule has 0 spiro atoms. The zero-order valence-corrected chi connectivity index (χ0v) is 14.3. The van der Waals surface area contributed by atoms with E-state index in [4.69, 9.17) is 4.74 Å². The Bertz CT molecular complexity index is 276. The first-order valence-corrected chi connectivity index (χ1v) is 9.29. The lowest BCUT2D eigenvalue weighted by Gasteiger charge is -2.41. The highest BCUT2D eigenvalue weighted by Crippen LogP contribution is 2.31. The van der Waals surface area contributed by atoms with Gasteiger partial charge in [-0.25, -0.2) is 0 Å². The van der Waals surface area contributed by atoms with E-state index >= 15 is 0 Å². The van der Waals surface area contributed by atoms with Crippen LogP contribution >= 0.6 is 0 Å². The van der Waals surface area contributed by atoms with E-state index < -0.39 is 0 Å². The molecule has 2 fully saturated rings. The Labute approximate surface area is 131 Å². The molecule has 2 heterocycles. The molecule has 0 saturated carbocycles. The molecule has 2 saturated heterocycles. The minimum Gasteiger partial charge on any atom is -0.381 e. The number of hydrogen-bond donors (Lipinski definition) is 1. The fourth-order valence-corrected chi connectivity index (χ4v) is 4.03. The first-order chi connectivity index (χ1) is 10.3. The summed E-state index contributed by atoms with van der Waals surface area (Å²) in [5.74, 6) is 0.965. The molecule has 3 heteroatoms. The lowest BCUT2D eigenvalue weighted by molar-refractivity contribution is -0.0258. The molecule has 2 atom stereocenters. The van der Waals surface area contributed by atoms with Crippen LogP contribution in [0.5, 0.6) is 0 Å². The molecule has 0 radical (unpaired) electrons. The average molecular weight is 296 g/mol. The number of nitrogens with one attached hydrogen (secondary N) is 1. The smallest absolute Gasteiger partial charge is 0.0546 e. The molecule has 124 valence electrons. The summed E-state index contributed by atoms with van der Waals surface area (Å²) in [5, 5.41) is 3.66. The first-order valence-electron chi connectivity index (χ1n) is 9.29. The molecule has 2 rings (SSSR count). The van der Waals surface area contributed by atoms with Gasteiger partial charge in [-0.1, -0.05) is 20.3 Å².